The lowest BCUT2D eigenvalue weighted by atomic mass is 10.3. The number of benzene rings is 1. The summed E-state index contributed by atoms with van der Waals surface area (Å²) in [6.07, 6.45) is 1.63. The maximum atomic E-state index is 5.93. The van der Waals surface area contributed by atoms with E-state index in [-0.39, 0.29) is 0 Å². The molecule has 0 radical (unpaired) electrons. The van der Waals surface area contributed by atoms with Crippen molar-refractivity contribution < 1.29 is 4.74 Å². The highest BCUT2D eigenvalue weighted by molar-refractivity contribution is 6.31. The van der Waals surface area contributed by atoms with Crippen LogP contribution in [0.15, 0.2) is 36.5 Å². The van der Waals surface area contributed by atoms with Gasteiger partial charge >= 0.3 is 0 Å². The molecule has 0 saturated carbocycles. The zero-order chi connectivity index (χ0) is 14.8. The SMILES string of the molecule is Cc1nc2cc(Cl)cnc2n1CCOc1ccc(N)cc1. The maximum Gasteiger partial charge on any atom is 0.160 e. The summed E-state index contributed by atoms with van der Waals surface area (Å²) in [6.45, 7) is 3.14. The van der Waals surface area contributed by atoms with E-state index in [0.29, 0.717) is 18.2 Å². The Balaban J connectivity index is 1.73. The van der Waals surface area contributed by atoms with Crippen LogP contribution in [0.25, 0.3) is 11.2 Å². The molecular weight excluding hydrogens is 288 g/mol. The Hall–Kier alpha value is -2.27. The summed E-state index contributed by atoms with van der Waals surface area (Å²) in [6, 6.07) is 9.15. The molecule has 0 unspecified atom stereocenters. The summed E-state index contributed by atoms with van der Waals surface area (Å²) in [5, 5.41) is 0.588. The minimum atomic E-state index is 0.528. The summed E-state index contributed by atoms with van der Waals surface area (Å²) in [5.74, 6) is 1.68. The van der Waals surface area contributed by atoms with Gasteiger partial charge in [-0.3, -0.25) is 0 Å². The fraction of sp³-hybridized carbons (Fsp3) is 0.200. The van der Waals surface area contributed by atoms with Crippen LogP contribution in [0.1, 0.15) is 5.82 Å². The third-order valence-electron chi connectivity index (χ3n) is 3.21. The first-order chi connectivity index (χ1) is 10.1. The number of anilines is 1. The van der Waals surface area contributed by atoms with Crippen molar-refractivity contribution in [3.63, 3.8) is 0 Å². The Morgan fingerprint density at radius 3 is 2.81 bits per heavy atom. The third kappa shape index (κ3) is 2.92. The topological polar surface area (TPSA) is 66.0 Å². The highest BCUT2D eigenvalue weighted by Crippen LogP contribution is 2.18. The average molecular weight is 303 g/mol. The number of nitrogen functional groups attached to an aromatic ring is 1. The third-order valence-corrected chi connectivity index (χ3v) is 3.41. The van der Waals surface area contributed by atoms with Crippen LogP contribution in [0.3, 0.4) is 0 Å². The van der Waals surface area contributed by atoms with Gasteiger partial charge in [0.25, 0.3) is 0 Å². The molecule has 0 atom stereocenters. The number of nitrogens with zero attached hydrogens (tertiary/aromatic N) is 3. The minimum absolute atomic E-state index is 0.528. The van der Waals surface area contributed by atoms with Crippen LogP contribution in [-0.4, -0.2) is 21.1 Å². The van der Waals surface area contributed by atoms with Gasteiger partial charge in [-0.25, -0.2) is 9.97 Å². The van der Waals surface area contributed by atoms with E-state index in [1.807, 2.05) is 41.8 Å². The van der Waals surface area contributed by atoms with Gasteiger partial charge in [-0.15, -0.1) is 0 Å². The van der Waals surface area contributed by atoms with Gasteiger partial charge in [0.1, 0.15) is 23.7 Å². The molecule has 0 bridgehead atoms. The summed E-state index contributed by atoms with van der Waals surface area (Å²) in [7, 11) is 0. The molecule has 1 aromatic carbocycles. The predicted molar refractivity (Wildman–Crippen MR) is 83.6 cm³/mol. The second-order valence-corrected chi connectivity index (χ2v) is 5.16. The zero-order valence-corrected chi connectivity index (χ0v) is 12.3. The van der Waals surface area contributed by atoms with Gasteiger partial charge in [0.2, 0.25) is 0 Å². The molecule has 0 amide bonds. The number of aromatic nitrogens is 3. The van der Waals surface area contributed by atoms with Gasteiger partial charge in [-0.1, -0.05) is 11.6 Å². The van der Waals surface area contributed by atoms with E-state index in [9.17, 15) is 0 Å². The van der Waals surface area contributed by atoms with Gasteiger partial charge in [0.15, 0.2) is 5.65 Å². The van der Waals surface area contributed by atoms with E-state index in [4.69, 9.17) is 22.1 Å². The number of ether oxygens (including phenoxy) is 1. The number of nitrogens with two attached hydrogens (primary N) is 1. The summed E-state index contributed by atoms with van der Waals surface area (Å²) in [5.41, 5.74) is 7.98. The molecule has 0 fully saturated rings. The van der Waals surface area contributed by atoms with Gasteiger partial charge in [0, 0.05) is 11.9 Å². The van der Waals surface area contributed by atoms with Crippen molar-refractivity contribution in [1.29, 1.82) is 0 Å². The maximum absolute atomic E-state index is 5.93. The van der Waals surface area contributed by atoms with Crippen LogP contribution in [0.5, 0.6) is 5.75 Å². The molecule has 2 heterocycles. The van der Waals surface area contributed by atoms with Crippen molar-refractivity contribution in [2.75, 3.05) is 12.3 Å². The first kappa shape index (κ1) is 13.7. The summed E-state index contributed by atoms with van der Waals surface area (Å²) >= 11 is 5.93. The molecule has 108 valence electrons. The molecule has 6 heteroatoms. The van der Waals surface area contributed by atoms with Crippen LogP contribution in [0.4, 0.5) is 5.69 Å². The number of aryl methyl sites for hydroxylation is 1. The number of hydrogen-bond donors (Lipinski definition) is 1. The number of pyridine rings is 1. The standard InChI is InChI=1S/C15H15ClN4O/c1-10-19-14-8-11(16)9-18-15(14)20(10)6-7-21-13-4-2-12(17)3-5-13/h2-5,8-9H,6-7,17H2,1H3. The smallest absolute Gasteiger partial charge is 0.160 e. The highest BCUT2D eigenvalue weighted by atomic mass is 35.5. The second kappa shape index (κ2) is 5.61. The minimum Gasteiger partial charge on any atom is -0.492 e. The highest BCUT2D eigenvalue weighted by Gasteiger charge is 2.09. The van der Waals surface area contributed by atoms with Crippen molar-refractivity contribution in [3.8, 4) is 5.75 Å². The Kier molecular flexibility index (Phi) is 3.66. The van der Waals surface area contributed by atoms with Crippen molar-refractivity contribution in [3.05, 3.63) is 47.4 Å². The molecule has 0 aliphatic rings. The van der Waals surface area contributed by atoms with E-state index in [1.165, 1.54) is 0 Å². The number of fused-ring (bicyclic) bond motifs is 1. The molecule has 0 saturated heterocycles. The molecule has 21 heavy (non-hydrogen) atoms. The van der Waals surface area contributed by atoms with Crippen LogP contribution in [0, 0.1) is 6.92 Å². The number of imidazole rings is 1. The van der Waals surface area contributed by atoms with E-state index in [2.05, 4.69) is 9.97 Å². The molecular formula is C15H15ClN4O. The largest absolute Gasteiger partial charge is 0.492 e. The van der Waals surface area contributed by atoms with Crippen molar-refractivity contribution in [2.45, 2.75) is 13.5 Å². The normalized spacial score (nSPS) is 11.0. The molecule has 2 N–H and O–H groups in total. The number of halogens is 1. The fourth-order valence-electron chi connectivity index (χ4n) is 2.19. The fourth-order valence-corrected chi connectivity index (χ4v) is 2.34. The van der Waals surface area contributed by atoms with E-state index in [0.717, 1.165) is 28.4 Å². The summed E-state index contributed by atoms with van der Waals surface area (Å²) in [4.78, 5) is 8.79. The van der Waals surface area contributed by atoms with Gasteiger partial charge in [-0.05, 0) is 37.3 Å². The first-order valence-electron chi connectivity index (χ1n) is 6.60. The Morgan fingerprint density at radius 2 is 2.05 bits per heavy atom. The van der Waals surface area contributed by atoms with Crippen LogP contribution in [0.2, 0.25) is 5.02 Å². The van der Waals surface area contributed by atoms with Crippen molar-refractivity contribution in [1.82, 2.24) is 14.5 Å². The van der Waals surface area contributed by atoms with Crippen LogP contribution in [-0.2, 0) is 6.54 Å². The lowest BCUT2D eigenvalue weighted by Crippen LogP contribution is -2.10. The molecule has 0 aliphatic heterocycles. The average Bonchev–Trinajstić information content (AvgIpc) is 2.76. The van der Waals surface area contributed by atoms with Crippen LogP contribution < -0.4 is 10.5 Å². The van der Waals surface area contributed by atoms with E-state index < -0.39 is 0 Å². The predicted octanol–water partition coefficient (Wildman–Crippen LogP) is 3.05. The summed E-state index contributed by atoms with van der Waals surface area (Å²) < 4.78 is 7.72. The van der Waals surface area contributed by atoms with E-state index >= 15 is 0 Å². The number of rotatable bonds is 4. The molecule has 0 aliphatic carbocycles. The Bertz CT molecular complexity index is 767. The van der Waals surface area contributed by atoms with Gasteiger partial charge in [0.05, 0.1) is 11.6 Å². The lowest BCUT2D eigenvalue weighted by Gasteiger charge is -2.09. The monoisotopic (exact) mass is 302 g/mol. The number of hydrogen-bond acceptors (Lipinski definition) is 4. The van der Waals surface area contributed by atoms with Gasteiger partial charge < -0.3 is 15.0 Å². The molecule has 0 spiro atoms. The second-order valence-electron chi connectivity index (χ2n) is 4.72. The first-order valence-corrected chi connectivity index (χ1v) is 6.98. The molecule has 3 rings (SSSR count). The van der Waals surface area contributed by atoms with Crippen molar-refractivity contribution >= 4 is 28.5 Å². The van der Waals surface area contributed by atoms with Crippen molar-refractivity contribution in [2.24, 2.45) is 0 Å². The Morgan fingerprint density at radius 1 is 1.29 bits per heavy atom. The molecule has 3 aromatic rings. The van der Waals surface area contributed by atoms with Crippen LogP contribution >= 0.6 is 11.6 Å². The molecule has 5 nitrogen and oxygen atoms in total. The molecule has 2 aromatic heterocycles. The Labute approximate surface area is 127 Å². The van der Waals surface area contributed by atoms with E-state index in [1.54, 1.807) is 6.20 Å². The zero-order valence-electron chi connectivity index (χ0n) is 11.6. The van der Waals surface area contributed by atoms with Gasteiger partial charge in [-0.2, -0.15) is 0 Å². The lowest BCUT2D eigenvalue weighted by molar-refractivity contribution is 0.298. The quantitative estimate of drug-likeness (QED) is 0.752.